The number of benzene rings is 2. The molecule has 2 aliphatic heterocycles. The fourth-order valence-electron chi connectivity index (χ4n) is 3.86. The third-order valence-electron chi connectivity index (χ3n) is 4.97. The number of rotatable bonds is 3. The molecule has 4 rings (SSSR count). The van der Waals surface area contributed by atoms with Gasteiger partial charge in [-0.05, 0) is 49.6 Å². The van der Waals surface area contributed by atoms with E-state index in [1.54, 1.807) is 24.3 Å². The minimum Gasteiger partial charge on any atom is -0.433 e. The van der Waals surface area contributed by atoms with Gasteiger partial charge in [-0.2, -0.15) is 0 Å². The Morgan fingerprint density at radius 2 is 1.81 bits per heavy atom. The molecule has 6 heteroatoms. The van der Waals surface area contributed by atoms with Gasteiger partial charge in [-0.25, -0.2) is 4.79 Å². The number of carbonyl (C=O) groups excluding carboxylic acids is 3. The van der Waals surface area contributed by atoms with Gasteiger partial charge >= 0.3 is 5.97 Å². The van der Waals surface area contributed by atoms with Gasteiger partial charge in [0.2, 0.25) is 18.0 Å². The summed E-state index contributed by atoms with van der Waals surface area (Å²) in [6.07, 6.45) is -0.203. The molecule has 1 N–H and O–H groups in total. The van der Waals surface area contributed by atoms with Crippen LogP contribution in [0.4, 0.5) is 5.69 Å². The third kappa shape index (κ3) is 3.07. The van der Waals surface area contributed by atoms with Crippen molar-refractivity contribution < 1.29 is 19.1 Å². The first-order chi connectivity index (χ1) is 12.9. The summed E-state index contributed by atoms with van der Waals surface area (Å²) >= 11 is 0. The average Bonchev–Trinajstić information content (AvgIpc) is 3.14. The predicted molar refractivity (Wildman–Crippen MR) is 99.0 cm³/mol. The highest BCUT2D eigenvalue weighted by atomic mass is 16.6. The summed E-state index contributed by atoms with van der Waals surface area (Å²) in [6.45, 7) is 3.92. The molecule has 2 aromatic rings. The van der Waals surface area contributed by atoms with Gasteiger partial charge in [-0.15, -0.1) is 0 Å². The topological polar surface area (TPSA) is 75.7 Å². The molecular formula is C21H20N2O4. The summed E-state index contributed by atoms with van der Waals surface area (Å²) in [5, 5.41) is 2.90. The second kappa shape index (κ2) is 6.54. The van der Waals surface area contributed by atoms with Crippen LogP contribution in [0.3, 0.4) is 0 Å². The Morgan fingerprint density at radius 1 is 1.11 bits per heavy atom. The molecule has 138 valence electrons. The fourth-order valence-corrected chi connectivity index (χ4v) is 3.86. The molecular weight excluding hydrogens is 344 g/mol. The third-order valence-corrected chi connectivity index (χ3v) is 4.97. The molecule has 0 radical (unpaired) electrons. The maximum atomic E-state index is 12.9. The van der Waals surface area contributed by atoms with E-state index in [0.717, 1.165) is 11.1 Å². The maximum Gasteiger partial charge on any atom is 0.340 e. The van der Waals surface area contributed by atoms with Crippen LogP contribution in [0, 0.1) is 13.8 Å². The summed E-state index contributed by atoms with van der Waals surface area (Å²) in [5.41, 5.74) is 3.85. The zero-order valence-electron chi connectivity index (χ0n) is 15.2. The van der Waals surface area contributed by atoms with E-state index >= 15 is 0 Å². The van der Waals surface area contributed by atoms with Gasteiger partial charge in [0.05, 0.1) is 5.56 Å². The van der Waals surface area contributed by atoms with Crippen molar-refractivity contribution in [2.75, 3.05) is 5.32 Å². The highest BCUT2D eigenvalue weighted by Crippen LogP contribution is 2.38. The van der Waals surface area contributed by atoms with Crippen LogP contribution in [0.2, 0.25) is 0 Å². The number of hydrogen-bond donors (Lipinski definition) is 1. The molecule has 0 unspecified atom stereocenters. The van der Waals surface area contributed by atoms with Crippen LogP contribution in [0.25, 0.3) is 0 Å². The molecule has 2 atom stereocenters. The molecule has 2 aromatic carbocycles. The first-order valence-corrected chi connectivity index (χ1v) is 8.94. The molecule has 0 aromatic heterocycles. The number of carbonyl (C=O) groups is 3. The Hall–Kier alpha value is -3.15. The van der Waals surface area contributed by atoms with Gasteiger partial charge in [0.1, 0.15) is 6.04 Å². The highest BCUT2D eigenvalue weighted by Gasteiger charge is 2.46. The van der Waals surface area contributed by atoms with E-state index in [0.29, 0.717) is 23.2 Å². The largest absolute Gasteiger partial charge is 0.433 e. The number of anilines is 1. The summed E-state index contributed by atoms with van der Waals surface area (Å²) in [5.74, 6) is -0.930. The Balaban J connectivity index is 1.60. The minimum absolute atomic E-state index is 0.190. The number of ether oxygens (including phenoxy) is 1. The molecule has 0 aliphatic carbocycles. The Bertz CT molecular complexity index is 933. The van der Waals surface area contributed by atoms with Crippen LogP contribution in [-0.2, 0) is 14.3 Å². The highest BCUT2D eigenvalue weighted by molar-refractivity contribution is 6.00. The smallest absolute Gasteiger partial charge is 0.340 e. The van der Waals surface area contributed by atoms with Crippen molar-refractivity contribution in [2.24, 2.45) is 0 Å². The Kier molecular flexibility index (Phi) is 4.18. The van der Waals surface area contributed by atoms with Gasteiger partial charge in [-0.1, -0.05) is 24.3 Å². The SMILES string of the molecule is Cc1cc(C)cc(NC(=O)[C@@H]2CCC(=O)N2[C@H]2OC(=O)c3ccccc32)c1. The summed E-state index contributed by atoms with van der Waals surface area (Å²) in [6, 6.07) is 12.1. The molecule has 0 saturated carbocycles. The van der Waals surface area contributed by atoms with Crippen LogP contribution in [0.1, 0.15) is 46.1 Å². The lowest BCUT2D eigenvalue weighted by Crippen LogP contribution is -2.43. The van der Waals surface area contributed by atoms with Crippen LogP contribution in [-0.4, -0.2) is 28.7 Å². The molecule has 2 aliphatic rings. The molecule has 1 saturated heterocycles. The number of hydrogen-bond acceptors (Lipinski definition) is 4. The van der Waals surface area contributed by atoms with Gasteiger partial charge in [0, 0.05) is 17.7 Å². The van der Waals surface area contributed by atoms with Crippen LogP contribution >= 0.6 is 0 Å². The number of esters is 1. The van der Waals surface area contributed by atoms with Crippen LogP contribution in [0.15, 0.2) is 42.5 Å². The second-order valence-electron chi connectivity index (χ2n) is 7.07. The van der Waals surface area contributed by atoms with E-state index in [1.165, 1.54) is 4.90 Å². The Labute approximate surface area is 157 Å². The van der Waals surface area contributed by atoms with Crippen molar-refractivity contribution in [3.63, 3.8) is 0 Å². The van der Waals surface area contributed by atoms with E-state index in [4.69, 9.17) is 4.74 Å². The number of nitrogens with one attached hydrogen (secondary N) is 1. The van der Waals surface area contributed by atoms with Gasteiger partial charge in [0.15, 0.2) is 0 Å². The molecule has 0 bridgehead atoms. The number of amides is 2. The van der Waals surface area contributed by atoms with E-state index in [9.17, 15) is 14.4 Å². The van der Waals surface area contributed by atoms with Crippen molar-refractivity contribution >= 4 is 23.5 Å². The second-order valence-corrected chi connectivity index (χ2v) is 7.07. The lowest BCUT2D eigenvalue weighted by molar-refractivity contribution is -0.144. The lowest BCUT2D eigenvalue weighted by Gasteiger charge is -2.29. The monoisotopic (exact) mass is 364 g/mol. The molecule has 6 nitrogen and oxygen atoms in total. The van der Waals surface area contributed by atoms with Crippen molar-refractivity contribution in [3.8, 4) is 0 Å². The quantitative estimate of drug-likeness (QED) is 0.849. The summed E-state index contributed by atoms with van der Waals surface area (Å²) < 4.78 is 5.44. The van der Waals surface area contributed by atoms with Crippen LogP contribution in [0.5, 0.6) is 0 Å². The van der Waals surface area contributed by atoms with E-state index < -0.39 is 18.2 Å². The lowest BCUT2D eigenvalue weighted by atomic mass is 10.1. The Morgan fingerprint density at radius 3 is 2.56 bits per heavy atom. The fraction of sp³-hybridized carbons (Fsp3) is 0.286. The first kappa shape index (κ1) is 17.3. The van der Waals surface area contributed by atoms with Crippen molar-refractivity contribution in [3.05, 3.63) is 64.7 Å². The van der Waals surface area contributed by atoms with Crippen LogP contribution < -0.4 is 5.32 Å². The van der Waals surface area contributed by atoms with Gasteiger partial charge in [0.25, 0.3) is 0 Å². The molecule has 0 spiro atoms. The number of nitrogens with zero attached hydrogens (tertiary/aromatic N) is 1. The van der Waals surface area contributed by atoms with Gasteiger partial charge < -0.3 is 10.1 Å². The van der Waals surface area contributed by atoms with E-state index in [1.807, 2.05) is 32.0 Å². The van der Waals surface area contributed by atoms with Crippen molar-refractivity contribution in [2.45, 2.75) is 39.0 Å². The van der Waals surface area contributed by atoms with E-state index in [2.05, 4.69) is 5.32 Å². The molecule has 1 fully saturated rings. The van der Waals surface area contributed by atoms with Crippen molar-refractivity contribution in [1.29, 1.82) is 0 Å². The zero-order chi connectivity index (χ0) is 19.1. The zero-order valence-corrected chi connectivity index (χ0v) is 15.2. The summed E-state index contributed by atoms with van der Waals surface area (Å²) in [4.78, 5) is 38.9. The molecule has 27 heavy (non-hydrogen) atoms. The van der Waals surface area contributed by atoms with Gasteiger partial charge in [-0.3, -0.25) is 14.5 Å². The summed E-state index contributed by atoms with van der Waals surface area (Å²) in [7, 11) is 0. The number of fused-ring (bicyclic) bond motifs is 1. The molecule has 2 amide bonds. The number of cyclic esters (lactones) is 1. The normalized spacial score (nSPS) is 21.2. The number of aryl methyl sites for hydroxylation is 2. The minimum atomic E-state index is -0.848. The van der Waals surface area contributed by atoms with Crippen molar-refractivity contribution in [1.82, 2.24) is 4.90 Å². The molecule has 2 heterocycles. The number of likely N-dealkylation sites (tertiary alicyclic amines) is 1. The first-order valence-electron chi connectivity index (χ1n) is 8.94. The predicted octanol–water partition coefficient (Wildman–Crippen LogP) is 3.10. The van der Waals surface area contributed by atoms with E-state index in [-0.39, 0.29) is 18.2 Å². The maximum absolute atomic E-state index is 12.9. The standard InChI is InChI=1S/C21H20N2O4/c1-12-9-13(2)11-14(10-12)22-19(25)17-7-8-18(24)23(17)20-15-5-3-4-6-16(15)21(26)27-20/h3-6,9-11,17,20H,7-8H2,1-2H3,(H,22,25)/t17-,20-/m0/s1. The average molecular weight is 364 g/mol.